The van der Waals surface area contributed by atoms with Crippen molar-refractivity contribution in [1.29, 1.82) is 0 Å². The van der Waals surface area contributed by atoms with Crippen molar-refractivity contribution >= 4 is 23.4 Å². The summed E-state index contributed by atoms with van der Waals surface area (Å²) in [6.45, 7) is 3.26. The maximum Gasteiger partial charge on any atom is 0.230 e. The zero-order valence-corrected chi connectivity index (χ0v) is 12.6. The van der Waals surface area contributed by atoms with Gasteiger partial charge in [-0.05, 0) is 25.5 Å². The van der Waals surface area contributed by atoms with E-state index in [0.29, 0.717) is 17.5 Å². The molecule has 2 aromatic heterocycles. The predicted octanol–water partition coefficient (Wildman–Crippen LogP) is 1.22. The van der Waals surface area contributed by atoms with E-state index in [4.69, 9.17) is 0 Å². The molecule has 0 aliphatic heterocycles. The van der Waals surface area contributed by atoms with Crippen LogP contribution in [0.25, 0.3) is 0 Å². The van der Waals surface area contributed by atoms with Crippen LogP contribution in [0.1, 0.15) is 12.2 Å². The van der Waals surface area contributed by atoms with Crippen LogP contribution in [0.15, 0.2) is 29.7 Å². The molecule has 2 aromatic rings. The third-order valence-corrected chi connectivity index (χ3v) is 3.42. The molecule has 21 heavy (non-hydrogen) atoms. The summed E-state index contributed by atoms with van der Waals surface area (Å²) in [6, 6.07) is 3.84. The molecule has 1 amide bonds. The molecule has 8 heteroatoms. The Hall–Kier alpha value is -2.09. The van der Waals surface area contributed by atoms with E-state index in [-0.39, 0.29) is 5.91 Å². The van der Waals surface area contributed by atoms with Crippen LogP contribution in [0.4, 0.5) is 5.69 Å². The molecule has 2 heterocycles. The Bertz CT molecular complexity index is 559. The number of aromatic amines is 1. The van der Waals surface area contributed by atoms with E-state index in [1.807, 2.05) is 19.1 Å². The fourth-order valence-electron chi connectivity index (χ4n) is 1.58. The summed E-state index contributed by atoms with van der Waals surface area (Å²) in [6.07, 6.45) is 4.36. The minimum absolute atomic E-state index is 0.0103. The molecule has 0 fully saturated rings. The lowest BCUT2D eigenvalue weighted by molar-refractivity contribution is -0.118. The predicted molar refractivity (Wildman–Crippen MR) is 82.2 cm³/mol. The highest BCUT2D eigenvalue weighted by molar-refractivity contribution is 7.99. The molecule has 0 unspecified atom stereocenters. The average molecular weight is 306 g/mol. The number of hydrogen-bond donors (Lipinski definition) is 3. The van der Waals surface area contributed by atoms with Crippen molar-refractivity contribution in [3.05, 3.63) is 30.4 Å². The first-order valence-corrected chi connectivity index (χ1v) is 7.65. The van der Waals surface area contributed by atoms with E-state index in [9.17, 15) is 4.79 Å². The van der Waals surface area contributed by atoms with Crippen LogP contribution in [0.5, 0.6) is 0 Å². The molecular formula is C13H18N6OS. The molecule has 2 rings (SSSR count). The van der Waals surface area contributed by atoms with Gasteiger partial charge in [0.05, 0.1) is 11.4 Å². The van der Waals surface area contributed by atoms with Gasteiger partial charge in [0.15, 0.2) is 0 Å². The Morgan fingerprint density at radius 1 is 1.43 bits per heavy atom. The monoisotopic (exact) mass is 306 g/mol. The summed E-state index contributed by atoms with van der Waals surface area (Å²) < 4.78 is 0. The summed E-state index contributed by atoms with van der Waals surface area (Å²) >= 11 is 1.32. The zero-order chi connectivity index (χ0) is 14.9. The number of aromatic nitrogens is 4. The van der Waals surface area contributed by atoms with Crippen molar-refractivity contribution < 1.29 is 4.79 Å². The third-order valence-electron chi connectivity index (χ3n) is 2.58. The number of anilines is 1. The molecule has 0 saturated heterocycles. The lowest BCUT2D eigenvalue weighted by Gasteiger charge is -2.06. The van der Waals surface area contributed by atoms with Gasteiger partial charge in [-0.3, -0.25) is 14.9 Å². The molecular weight excluding hydrogens is 288 g/mol. The standard InChI is InChI=1S/C13H18N6OS/c1-10-17-13(19-18-10)21-9-12(20)16-7-3-6-15-11-4-2-5-14-8-11/h2,4-5,8,15H,3,6-7,9H2,1H3,(H,16,20)(H,17,18,19). The molecule has 0 spiro atoms. The number of carbonyl (C=O) groups is 1. The van der Waals surface area contributed by atoms with Crippen LogP contribution in [0, 0.1) is 6.92 Å². The Morgan fingerprint density at radius 2 is 2.33 bits per heavy atom. The summed E-state index contributed by atoms with van der Waals surface area (Å²) in [4.78, 5) is 19.8. The number of amides is 1. The van der Waals surface area contributed by atoms with Crippen molar-refractivity contribution in [3.8, 4) is 0 Å². The number of thioether (sulfide) groups is 1. The van der Waals surface area contributed by atoms with Gasteiger partial charge in [-0.1, -0.05) is 11.8 Å². The SMILES string of the molecule is Cc1nc(SCC(=O)NCCCNc2cccnc2)n[nH]1. The van der Waals surface area contributed by atoms with Gasteiger partial charge in [0.25, 0.3) is 0 Å². The van der Waals surface area contributed by atoms with Gasteiger partial charge < -0.3 is 10.6 Å². The second kappa shape index (κ2) is 8.25. The van der Waals surface area contributed by atoms with Crippen LogP contribution < -0.4 is 10.6 Å². The van der Waals surface area contributed by atoms with E-state index >= 15 is 0 Å². The Kier molecular flexibility index (Phi) is 6.01. The second-order valence-corrected chi connectivity index (χ2v) is 5.31. The van der Waals surface area contributed by atoms with Gasteiger partial charge in [0.1, 0.15) is 5.82 Å². The normalized spacial score (nSPS) is 10.3. The zero-order valence-electron chi connectivity index (χ0n) is 11.8. The molecule has 0 saturated carbocycles. The number of pyridine rings is 1. The number of H-pyrrole nitrogens is 1. The van der Waals surface area contributed by atoms with Crippen LogP contribution in [-0.2, 0) is 4.79 Å². The summed E-state index contributed by atoms with van der Waals surface area (Å²) in [5, 5.41) is 13.4. The molecule has 0 aliphatic rings. The molecule has 0 radical (unpaired) electrons. The maximum atomic E-state index is 11.6. The molecule has 0 aliphatic carbocycles. The molecule has 0 aromatic carbocycles. The van der Waals surface area contributed by atoms with Crippen LogP contribution in [-0.4, -0.2) is 44.9 Å². The number of nitrogens with zero attached hydrogens (tertiary/aromatic N) is 3. The number of rotatable bonds is 8. The average Bonchev–Trinajstić information content (AvgIpc) is 2.91. The molecule has 7 nitrogen and oxygen atoms in total. The minimum Gasteiger partial charge on any atom is -0.384 e. The van der Waals surface area contributed by atoms with Gasteiger partial charge in [-0.2, -0.15) is 0 Å². The van der Waals surface area contributed by atoms with E-state index in [1.165, 1.54) is 11.8 Å². The first-order chi connectivity index (χ1) is 10.2. The van der Waals surface area contributed by atoms with Gasteiger partial charge >= 0.3 is 0 Å². The molecule has 0 atom stereocenters. The van der Waals surface area contributed by atoms with Crippen molar-refractivity contribution in [3.63, 3.8) is 0 Å². The van der Waals surface area contributed by atoms with E-state index < -0.39 is 0 Å². The first kappa shape index (κ1) is 15.3. The first-order valence-electron chi connectivity index (χ1n) is 6.66. The van der Waals surface area contributed by atoms with Crippen LogP contribution in [0.2, 0.25) is 0 Å². The molecule has 0 bridgehead atoms. The topological polar surface area (TPSA) is 95.6 Å². The van der Waals surface area contributed by atoms with Crippen molar-refractivity contribution in [2.24, 2.45) is 0 Å². The fourth-order valence-corrected chi connectivity index (χ4v) is 2.26. The van der Waals surface area contributed by atoms with Gasteiger partial charge in [0.2, 0.25) is 11.1 Å². The Balaban J connectivity index is 1.53. The Morgan fingerprint density at radius 3 is 3.05 bits per heavy atom. The summed E-state index contributed by atoms with van der Waals surface area (Å²) in [7, 11) is 0. The number of nitrogens with one attached hydrogen (secondary N) is 3. The fraction of sp³-hybridized carbons (Fsp3) is 0.385. The van der Waals surface area contributed by atoms with Crippen molar-refractivity contribution in [2.75, 3.05) is 24.2 Å². The maximum absolute atomic E-state index is 11.6. The summed E-state index contributed by atoms with van der Waals surface area (Å²) in [5.74, 6) is 1.07. The van der Waals surface area contributed by atoms with Gasteiger partial charge in [-0.15, -0.1) is 5.10 Å². The lowest BCUT2D eigenvalue weighted by atomic mass is 10.3. The molecule has 112 valence electrons. The smallest absolute Gasteiger partial charge is 0.230 e. The Labute approximate surface area is 127 Å². The van der Waals surface area contributed by atoms with Crippen LogP contribution in [0.3, 0.4) is 0 Å². The second-order valence-electron chi connectivity index (χ2n) is 4.36. The highest BCUT2D eigenvalue weighted by Crippen LogP contribution is 2.10. The minimum atomic E-state index is -0.0103. The largest absolute Gasteiger partial charge is 0.384 e. The number of aryl methyl sites for hydroxylation is 1. The van der Waals surface area contributed by atoms with Gasteiger partial charge in [-0.25, -0.2) is 4.98 Å². The van der Waals surface area contributed by atoms with E-state index in [0.717, 1.165) is 24.5 Å². The number of hydrogen-bond acceptors (Lipinski definition) is 6. The highest BCUT2D eigenvalue weighted by Gasteiger charge is 2.05. The number of carbonyl (C=O) groups excluding carboxylic acids is 1. The van der Waals surface area contributed by atoms with E-state index in [1.54, 1.807) is 12.4 Å². The summed E-state index contributed by atoms with van der Waals surface area (Å²) in [5.41, 5.74) is 0.986. The molecule has 3 N–H and O–H groups in total. The van der Waals surface area contributed by atoms with E-state index in [2.05, 4.69) is 30.8 Å². The third kappa shape index (κ3) is 5.82. The van der Waals surface area contributed by atoms with Gasteiger partial charge in [0, 0.05) is 25.5 Å². The van der Waals surface area contributed by atoms with Crippen molar-refractivity contribution in [2.45, 2.75) is 18.5 Å². The van der Waals surface area contributed by atoms with Crippen LogP contribution >= 0.6 is 11.8 Å². The highest BCUT2D eigenvalue weighted by atomic mass is 32.2. The quantitative estimate of drug-likeness (QED) is 0.501. The lowest BCUT2D eigenvalue weighted by Crippen LogP contribution is -2.27. The van der Waals surface area contributed by atoms with Crippen molar-refractivity contribution in [1.82, 2.24) is 25.5 Å².